The van der Waals surface area contributed by atoms with Crippen molar-refractivity contribution in [3.63, 3.8) is 0 Å². The minimum absolute atomic E-state index is 0.576. The van der Waals surface area contributed by atoms with E-state index in [1.807, 2.05) is 0 Å². The van der Waals surface area contributed by atoms with Crippen LogP contribution in [0.25, 0.3) is 0 Å². The topological polar surface area (TPSA) is 307 Å². The molecule has 0 amide bonds. The molecule has 0 aromatic carbocycles. The van der Waals surface area contributed by atoms with Gasteiger partial charge in [0.1, 0.15) is 85.5 Å². The SMILES string of the molecule is C[C@@H]1O[C@@H](OC[C@H]2O[C@H](O)[C@H](O[C@H]3O[C@H](CO)[C@@H](O)[C@H](O)[C@@H]3O[C@H]3O[C@H](CO)[C@@H](O)[C@@H]3O)[C@@H](O)[C@@H]2O)[C@H](O)[C@H](O)[C@H]1O. The third-order valence-electron chi connectivity index (χ3n) is 7.80. The van der Waals surface area contributed by atoms with Crippen LogP contribution >= 0.6 is 0 Å². The zero-order valence-electron chi connectivity index (χ0n) is 22.3. The number of rotatable bonds is 9. The molecule has 0 aromatic heterocycles. The zero-order valence-corrected chi connectivity index (χ0v) is 22.3. The first kappa shape index (κ1) is 34.1. The van der Waals surface area contributed by atoms with Gasteiger partial charge in [-0.05, 0) is 6.92 Å². The highest BCUT2D eigenvalue weighted by Gasteiger charge is 2.54. The van der Waals surface area contributed by atoms with E-state index >= 15 is 0 Å². The highest BCUT2D eigenvalue weighted by molar-refractivity contribution is 4.96. The van der Waals surface area contributed by atoms with Crippen LogP contribution < -0.4 is 0 Å². The fourth-order valence-corrected chi connectivity index (χ4v) is 5.14. The average molecular weight is 621 g/mol. The lowest BCUT2D eigenvalue weighted by Crippen LogP contribution is -2.65. The minimum Gasteiger partial charge on any atom is -0.394 e. The van der Waals surface area contributed by atoms with Gasteiger partial charge in [-0.2, -0.15) is 0 Å². The standard InChI is InChI=1S/C23H40O19/c1-5-9(26)13(30)17(34)21(37-5)36-4-8-12(29)14(31)18(20(35)38-8)41-23-19(15(32)10(27)6(2-24)40-23)42-22-16(33)11(28)7(3-25)39-22/h5-35H,2-4H2,1H3/t5-,6+,7+,8+,9-,10+,11+,12+,13+,14-,15-,16-,17+,18+,19-,20-,21+,22+,23+/m0/s1. The van der Waals surface area contributed by atoms with Gasteiger partial charge in [-0.3, -0.25) is 0 Å². The van der Waals surface area contributed by atoms with E-state index in [-0.39, 0.29) is 0 Å². The number of aliphatic hydroxyl groups excluding tert-OH is 12. The van der Waals surface area contributed by atoms with Gasteiger partial charge in [0.05, 0.1) is 25.9 Å². The second-order valence-electron chi connectivity index (χ2n) is 10.7. The smallest absolute Gasteiger partial charge is 0.187 e. The molecule has 0 aliphatic carbocycles. The lowest BCUT2D eigenvalue weighted by atomic mass is 9.97. The van der Waals surface area contributed by atoms with E-state index in [9.17, 15) is 61.3 Å². The van der Waals surface area contributed by atoms with Crippen LogP contribution in [0.15, 0.2) is 0 Å². The monoisotopic (exact) mass is 620 g/mol. The first-order valence-corrected chi connectivity index (χ1v) is 13.4. The first-order valence-electron chi connectivity index (χ1n) is 13.4. The van der Waals surface area contributed by atoms with Gasteiger partial charge in [-0.25, -0.2) is 0 Å². The molecule has 0 bridgehead atoms. The molecule has 0 unspecified atom stereocenters. The van der Waals surface area contributed by atoms with Crippen LogP contribution in [0.3, 0.4) is 0 Å². The fraction of sp³-hybridized carbons (Fsp3) is 1.00. The third kappa shape index (κ3) is 6.74. The highest BCUT2D eigenvalue weighted by Crippen LogP contribution is 2.33. The highest BCUT2D eigenvalue weighted by atomic mass is 16.8. The predicted octanol–water partition coefficient (Wildman–Crippen LogP) is -8.08. The molecule has 4 rings (SSSR count). The van der Waals surface area contributed by atoms with E-state index in [1.54, 1.807) is 0 Å². The molecular formula is C23H40O19. The molecule has 0 saturated carbocycles. The van der Waals surface area contributed by atoms with E-state index in [1.165, 1.54) is 6.92 Å². The maximum absolute atomic E-state index is 10.8. The quantitative estimate of drug-likeness (QED) is 0.114. The van der Waals surface area contributed by atoms with Crippen molar-refractivity contribution in [2.45, 2.75) is 124 Å². The van der Waals surface area contributed by atoms with Gasteiger partial charge in [0.2, 0.25) is 0 Å². The average Bonchev–Trinajstić information content (AvgIpc) is 3.24. The zero-order chi connectivity index (χ0) is 31.0. The third-order valence-corrected chi connectivity index (χ3v) is 7.80. The Morgan fingerprint density at radius 2 is 0.976 bits per heavy atom. The van der Waals surface area contributed by atoms with Crippen molar-refractivity contribution in [2.24, 2.45) is 0 Å². The summed E-state index contributed by atoms with van der Waals surface area (Å²) in [6, 6.07) is 0. The molecule has 0 radical (unpaired) electrons. The van der Waals surface area contributed by atoms with Crippen molar-refractivity contribution in [3.05, 3.63) is 0 Å². The van der Waals surface area contributed by atoms with Gasteiger partial charge in [-0.1, -0.05) is 0 Å². The largest absolute Gasteiger partial charge is 0.394 e. The molecule has 246 valence electrons. The van der Waals surface area contributed by atoms with E-state index < -0.39 is 137 Å². The Balaban J connectivity index is 1.42. The fourth-order valence-electron chi connectivity index (χ4n) is 5.14. The maximum Gasteiger partial charge on any atom is 0.187 e. The van der Waals surface area contributed by atoms with E-state index in [2.05, 4.69) is 0 Å². The Morgan fingerprint density at radius 3 is 1.60 bits per heavy atom. The summed E-state index contributed by atoms with van der Waals surface area (Å²) in [5, 5.41) is 122. The van der Waals surface area contributed by atoms with Gasteiger partial charge in [-0.15, -0.1) is 0 Å². The summed E-state index contributed by atoms with van der Waals surface area (Å²) in [4.78, 5) is 0. The van der Waals surface area contributed by atoms with Crippen LogP contribution in [0.2, 0.25) is 0 Å². The molecule has 42 heavy (non-hydrogen) atoms. The van der Waals surface area contributed by atoms with Gasteiger partial charge in [0, 0.05) is 0 Å². The summed E-state index contributed by atoms with van der Waals surface area (Å²) in [6.45, 7) is -0.656. The lowest BCUT2D eigenvalue weighted by Gasteiger charge is -2.46. The van der Waals surface area contributed by atoms with Gasteiger partial charge < -0.3 is 94.4 Å². The molecule has 12 N–H and O–H groups in total. The van der Waals surface area contributed by atoms with Crippen LogP contribution in [0.5, 0.6) is 0 Å². The summed E-state index contributed by atoms with van der Waals surface area (Å²) in [5.74, 6) is 0. The summed E-state index contributed by atoms with van der Waals surface area (Å²) in [7, 11) is 0. The predicted molar refractivity (Wildman–Crippen MR) is 126 cm³/mol. The Morgan fingerprint density at radius 1 is 0.476 bits per heavy atom. The molecule has 0 spiro atoms. The minimum atomic E-state index is -1.99. The van der Waals surface area contributed by atoms with Crippen molar-refractivity contribution in [2.75, 3.05) is 19.8 Å². The normalized spacial score (nSPS) is 53.8. The van der Waals surface area contributed by atoms with Crippen molar-refractivity contribution in [3.8, 4) is 0 Å². The van der Waals surface area contributed by atoms with E-state index in [0.29, 0.717) is 0 Å². The van der Waals surface area contributed by atoms with Crippen molar-refractivity contribution in [1.82, 2.24) is 0 Å². The molecular weight excluding hydrogens is 580 g/mol. The molecule has 4 fully saturated rings. The van der Waals surface area contributed by atoms with Crippen molar-refractivity contribution in [1.29, 1.82) is 0 Å². The van der Waals surface area contributed by atoms with Gasteiger partial charge in [0.15, 0.2) is 25.2 Å². The molecule has 4 saturated heterocycles. The van der Waals surface area contributed by atoms with Gasteiger partial charge in [0.25, 0.3) is 0 Å². The van der Waals surface area contributed by atoms with Crippen LogP contribution in [-0.4, -0.2) is 198 Å². The summed E-state index contributed by atoms with van der Waals surface area (Å²) < 4.78 is 37.8. The second kappa shape index (κ2) is 14.1. The Labute approximate surface area is 238 Å². The maximum atomic E-state index is 10.8. The Kier molecular flexibility index (Phi) is 11.5. The lowest BCUT2D eigenvalue weighted by molar-refractivity contribution is -0.380. The summed E-state index contributed by atoms with van der Waals surface area (Å²) >= 11 is 0. The van der Waals surface area contributed by atoms with Crippen LogP contribution in [0.1, 0.15) is 6.92 Å². The number of hydrogen-bond acceptors (Lipinski definition) is 19. The molecule has 4 aliphatic rings. The molecule has 0 aromatic rings. The Hall–Kier alpha value is -0.760. The molecule has 19 atom stereocenters. The van der Waals surface area contributed by atoms with E-state index in [0.717, 1.165) is 0 Å². The van der Waals surface area contributed by atoms with Gasteiger partial charge >= 0.3 is 0 Å². The van der Waals surface area contributed by atoms with Crippen LogP contribution in [-0.2, 0) is 33.2 Å². The Bertz CT molecular complexity index is 855. The van der Waals surface area contributed by atoms with Crippen molar-refractivity contribution < 1.29 is 94.4 Å². The number of hydrogen-bond donors (Lipinski definition) is 12. The molecule has 4 heterocycles. The van der Waals surface area contributed by atoms with Crippen LogP contribution in [0, 0.1) is 0 Å². The first-order chi connectivity index (χ1) is 19.8. The van der Waals surface area contributed by atoms with E-state index in [4.69, 9.17) is 33.2 Å². The second-order valence-corrected chi connectivity index (χ2v) is 10.7. The van der Waals surface area contributed by atoms with Crippen LogP contribution in [0.4, 0.5) is 0 Å². The molecule has 19 nitrogen and oxygen atoms in total. The number of ether oxygens (including phenoxy) is 7. The summed E-state index contributed by atoms with van der Waals surface area (Å²) in [6.07, 6.45) is -30.8. The summed E-state index contributed by atoms with van der Waals surface area (Å²) in [5.41, 5.74) is 0. The number of aliphatic hydroxyl groups is 12. The molecule has 4 aliphatic heterocycles. The molecule has 19 heteroatoms. The van der Waals surface area contributed by atoms with Crippen molar-refractivity contribution >= 4 is 0 Å².